The second-order valence-electron chi connectivity index (χ2n) is 7.90. The van der Waals surface area contributed by atoms with Crippen molar-refractivity contribution in [3.05, 3.63) is 106 Å². The summed E-state index contributed by atoms with van der Waals surface area (Å²) in [7, 11) is 0. The van der Waals surface area contributed by atoms with Gasteiger partial charge in [-0.05, 0) is 41.8 Å². The summed E-state index contributed by atoms with van der Waals surface area (Å²) in [5.41, 5.74) is 3.31. The Bertz CT molecular complexity index is 1380. The number of nitrogens with zero attached hydrogens (tertiary/aromatic N) is 2. The molecule has 0 aliphatic carbocycles. The number of pyridine rings is 1. The first-order valence-electron chi connectivity index (χ1n) is 10.5. The van der Waals surface area contributed by atoms with E-state index in [4.69, 9.17) is 0 Å². The van der Waals surface area contributed by atoms with E-state index in [0.717, 1.165) is 20.9 Å². The third-order valence-corrected chi connectivity index (χ3v) is 6.48. The van der Waals surface area contributed by atoms with Crippen LogP contribution in [0.25, 0.3) is 16.7 Å². The zero-order valence-corrected chi connectivity index (χ0v) is 19.1. The van der Waals surface area contributed by atoms with E-state index in [1.165, 1.54) is 4.90 Å². The van der Waals surface area contributed by atoms with Crippen LogP contribution in [0.3, 0.4) is 0 Å². The number of halogens is 1. The fourth-order valence-electron chi connectivity index (χ4n) is 4.34. The molecule has 3 heterocycles. The van der Waals surface area contributed by atoms with Crippen LogP contribution in [0.2, 0.25) is 0 Å². The minimum atomic E-state index is -0.715. The summed E-state index contributed by atoms with van der Waals surface area (Å²) >= 11 is 3.38. The number of nitrogens with one attached hydrogen (secondary N) is 1. The number of carbonyl (C=O) groups excluding carboxylic acids is 2. The van der Waals surface area contributed by atoms with Crippen molar-refractivity contribution in [3.8, 4) is 0 Å². The van der Waals surface area contributed by atoms with Crippen molar-refractivity contribution < 1.29 is 14.7 Å². The molecule has 1 atom stereocenters. The topological polar surface area (TPSA) is 86.3 Å². The van der Waals surface area contributed by atoms with Crippen LogP contribution in [0.5, 0.6) is 0 Å². The zero-order valence-electron chi connectivity index (χ0n) is 17.5. The SMILES string of the molecule is O=C1C(=O)N(CCc2c[nH]c3ccccc23)[C@@H](c2cccnc2)C1=C(O)c1ccc(Br)cc1. The molecule has 1 aliphatic rings. The Balaban J connectivity index is 1.55. The van der Waals surface area contributed by atoms with Crippen LogP contribution in [0.4, 0.5) is 0 Å². The standard InChI is InChI=1S/C26H20BrN3O3/c27-19-9-7-16(8-10-19)24(31)22-23(18-4-3-12-28-14-18)30(26(33)25(22)32)13-11-17-15-29-21-6-2-1-5-20(17)21/h1-10,12,14-15,23,29,31H,11,13H2/t23-/m0/s1. The number of aromatic amines is 1. The van der Waals surface area contributed by atoms with Gasteiger partial charge in [0, 0.05) is 46.1 Å². The molecule has 0 radical (unpaired) electrons. The number of Topliss-reactive ketones (excluding diaryl/α,β-unsaturated/α-hetero) is 1. The third kappa shape index (κ3) is 3.85. The van der Waals surface area contributed by atoms with Crippen LogP contribution in [0.1, 0.15) is 22.7 Å². The summed E-state index contributed by atoms with van der Waals surface area (Å²) in [6.07, 6.45) is 5.76. The number of ketones is 1. The summed E-state index contributed by atoms with van der Waals surface area (Å²) in [6, 6.07) is 17.8. The highest BCUT2D eigenvalue weighted by molar-refractivity contribution is 9.10. The number of aromatic nitrogens is 2. The van der Waals surface area contributed by atoms with Gasteiger partial charge in [0.25, 0.3) is 11.7 Å². The average Bonchev–Trinajstić information content (AvgIpc) is 3.37. The molecule has 164 valence electrons. The molecule has 0 spiro atoms. The van der Waals surface area contributed by atoms with Gasteiger partial charge in [-0.25, -0.2) is 0 Å². The maximum Gasteiger partial charge on any atom is 0.295 e. The average molecular weight is 502 g/mol. The molecule has 1 amide bonds. The molecule has 7 heteroatoms. The first kappa shape index (κ1) is 21.2. The highest BCUT2D eigenvalue weighted by Crippen LogP contribution is 2.39. The molecule has 0 saturated carbocycles. The van der Waals surface area contributed by atoms with E-state index >= 15 is 0 Å². The van der Waals surface area contributed by atoms with Crippen LogP contribution in [-0.2, 0) is 16.0 Å². The van der Waals surface area contributed by atoms with E-state index in [1.54, 1.807) is 42.7 Å². The number of fused-ring (bicyclic) bond motifs is 1. The van der Waals surface area contributed by atoms with Crippen molar-refractivity contribution in [1.29, 1.82) is 0 Å². The van der Waals surface area contributed by atoms with Crippen molar-refractivity contribution in [2.24, 2.45) is 0 Å². The third-order valence-electron chi connectivity index (χ3n) is 5.95. The molecular formula is C26H20BrN3O3. The Morgan fingerprint density at radius 2 is 1.85 bits per heavy atom. The molecule has 2 aromatic heterocycles. The molecule has 1 fully saturated rings. The normalized spacial score (nSPS) is 17.7. The fraction of sp³-hybridized carbons (Fsp3) is 0.115. The van der Waals surface area contributed by atoms with Gasteiger partial charge in [0.1, 0.15) is 5.76 Å². The van der Waals surface area contributed by atoms with Crippen LogP contribution >= 0.6 is 15.9 Å². The van der Waals surface area contributed by atoms with Crippen molar-refractivity contribution in [2.75, 3.05) is 6.54 Å². The summed E-state index contributed by atoms with van der Waals surface area (Å²) in [5.74, 6) is -1.50. The maximum atomic E-state index is 13.1. The van der Waals surface area contributed by atoms with Gasteiger partial charge in [-0.15, -0.1) is 0 Å². The molecule has 1 saturated heterocycles. The van der Waals surface area contributed by atoms with Gasteiger partial charge in [0.15, 0.2) is 0 Å². The predicted molar refractivity (Wildman–Crippen MR) is 129 cm³/mol. The lowest BCUT2D eigenvalue weighted by Gasteiger charge is -2.25. The van der Waals surface area contributed by atoms with Crippen LogP contribution in [0.15, 0.2) is 89.3 Å². The lowest BCUT2D eigenvalue weighted by Crippen LogP contribution is -2.31. The molecular weight excluding hydrogens is 482 g/mol. The van der Waals surface area contributed by atoms with Crippen LogP contribution < -0.4 is 0 Å². The highest BCUT2D eigenvalue weighted by atomic mass is 79.9. The summed E-state index contributed by atoms with van der Waals surface area (Å²) in [4.78, 5) is 35.2. The van der Waals surface area contributed by atoms with Crippen LogP contribution in [-0.4, -0.2) is 38.2 Å². The van der Waals surface area contributed by atoms with E-state index in [2.05, 4.69) is 25.9 Å². The van der Waals surface area contributed by atoms with Crippen molar-refractivity contribution in [3.63, 3.8) is 0 Å². The van der Waals surface area contributed by atoms with Crippen LogP contribution in [0, 0.1) is 0 Å². The number of aliphatic hydroxyl groups excluding tert-OH is 1. The smallest absolute Gasteiger partial charge is 0.295 e. The van der Waals surface area contributed by atoms with Gasteiger partial charge in [-0.1, -0.05) is 52.3 Å². The minimum absolute atomic E-state index is 0.0780. The van der Waals surface area contributed by atoms with E-state index in [0.29, 0.717) is 24.1 Å². The number of benzene rings is 2. The predicted octanol–water partition coefficient (Wildman–Crippen LogP) is 4.99. The summed E-state index contributed by atoms with van der Waals surface area (Å²) < 4.78 is 0.849. The van der Waals surface area contributed by atoms with E-state index in [9.17, 15) is 14.7 Å². The minimum Gasteiger partial charge on any atom is -0.507 e. The number of H-pyrrole nitrogens is 1. The molecule has 6 nitrogen and oxygen atoms in total. The van der Waals surface area contributed by atoms with Gasteiger partial charge < -0.3 is 15.0 Å². The summed E-state index contributed by atoms with van der Waals surface area (Å²) in [5, 5.41) is 12.2. The Hall–Kier alpha value is -3.71. The number of rotatable bonds is 5. The Morgan fingerprint density at radius 1 is 1.06 bits per heavy atom. The second-order valence-corrected chi connectivity index (χ2v) is 8.81. The largest absolute Gasteiger partial charge is 0.507 e. The maximum absolute atomic E-state index is 13.1. The Kier molecular flexibility index (Phi) is 5.56. The molecule has 5 rings (SSSR count). The number of amides is 1. The zero-order chi connectivity index (χ0) is 22.9. The lowest BCUT2D eigenvalue weighted by atomic mass is 9.96. The quantitative estimate of drug-likeness (QED) is 0.229. The first-order chi connectivity index (χ1) is 16.0. The van der Waals surface area contributed by atoms with Crippen molar-refractivity contribution >= 4 is 44.3 Å². The van der Waals surface area contributed by atoms with Gasteiger partial charge in [0.2, 0.25) is 0 Å². The van der Waals surface area contributed by atoms with Gasteiger partial charge in [0.05, 0.1) is 11.6 Å². The fourth-order valence-corrected chi connectivity index (χ4v) is 4.60. The van der Waals surface area contributed by atoms with Crippen molar-refractivity contribution in [1.82, 2.24) is 14.9 Å². The van der Waals surface area contributed by atoms with Crippen molar-refractivity contribution in [2.45, 2.75) is 12.5 Å². The van der Waals surface area contributed by atoms with E-state index in [-0.39, 0.29) is 11.3 Å². The number of aliphatic hydroxyl groups is 1. The number of likely N-dealkylation sites (tertiary alicyclic amines) is 1. The van der Waals surface area contributed by atoms with E-state index < -0.39 is 17.7 Å². The lowest BCUT2D eigenvalue weighted by molar-refractivity contribution is -0.139. The van der Waals surface area contributed by atoms with Gasteiger partial charge in [-0.2, -0.15) is 0 Å². The van der Waals surface area contributed by atoms with Gasteiger partial charge in [-0.3, -0.25) is 14.6 Å². The number of hydrogen-bond acceptors (Lipinski definition) is 4. The monoisotopic (exact) mass is 501 g/mol. The molecule has 33 heavy (non-hydrogen) atoms. The second kappa shape index (κ2) is 8.67. The number of carbonyl (C=O) groups is 2. The molecule has 0 unspecified atom stereocenters. The van der Waals surface area contributed by atoms with Gasteiger partial charge >= 0.3 is 0 Å². The Morgan fingerprint density at radius 3 is 2.61 bits per heavy atom. The number of para-hydroxylation sites is 1. The molecule has 2 N–H and O–H groups in total. The number of hydrogen-bond donors (Lipinski definition) is 2. The molecule has 2 aromatic carbocycles. The molecule has 4 aromatic rings. The summed E-state index contributed by atoms with van der Waals surface area (Å²) in [6.45, 7) is 0.323. The molecule has 1 aliphatic heterocycles. The first-order valence-corrected chi connectivity index (χ1v) is 11.3. The van der Waals surface area contributed by atoms with E-state index in [1.807, 2.05) is 36.5 Å². The Labute approximate surface area is 198 Å². The highest BCUT2D eigenvalue weighted by Gasteiger charge is 2.46. The molecule has 0 bridgehead atoms.